The van der Waals surface area contributed by atoms with E-state index < -0.39 is 54.9 Å². The van der Waals surface area contributed by atoms with Crippen molar-refractivity contribution in [1.82, 2.24) is 10.2 Å². The number of rotatable bonds is 2. The van der Waals surface area contributed by atoms with Crippen LogP contribution in [0.5, 0.6) is 0 Å². The predicted octanol–water partition coefficient (Wildman–Crippen LogP) is 3.64. The number of halogens is 6. The molecule has 2 aromatic carbocycles. The molecule has 2 aliphatic heterocycles. The van der Waals surface area contributed by atoms with Gasteiger partial charge in [-0.2, -0.15) is 31.3 Å². The fourth-order valence-electron chi connectivity index (χ4n) is 3.49. The van der Waals surface area contributed by atoms with Crippen molar-refractivity contribution in [3.63, 3.8) is 0 Å². The number of alkyl halides is 6. The van der Waals surface area contributed by atoms with Crippen LogP contribution in [0.3, 0.4) is 0 Å². The molecule has 0 aliphatic carbocycles. The lowest BCUT2D eigenvalue weighted by molar-refractivity contribution is -0.137. The maximum absolute atomic E-state index is 12.8. The number of nitrogens with zero attached hydrogens (tertiary/aromatic N) is 2. The second-order valence-electron chi connectivity index (χ2n) is 8.73. The van der Waals surface area contributed by atoms with Gasteiger partial charge in [-0.15, -0.1) is 0 Å². The minimum absolute atomic E-state index is 0.0254. The Morgan fingerprint density at radius 1 is 0.786 bits per heavy atom. The van der Waals surface area contributed by atoms with Crippen molar-refractivity contribution >= 4 is 43.2 Å². The lowest BCUT2D eigenvalue weighted by Crippen LogP contribution is -2.45. The van der Waals surface area contributed by atoms with Crippen LogP contribution in [0, 0.1) is 0 Å². The zero-order valence-electron chi connectivity index (χ0n) is 21.7. The maximum atomic E-state index is 12.8. The first-order chi connectivity index (χ1) is 19.5. The number of anilines is 1. The zero-order chi connectivity index (χ0) is 31.6. The van der Waals surface area contributed by atoms with Crippen molar-refractivity contribution in [2.24, 2.45) is 4.99 Å². The van der Waals surface area contributed by atoms with E-state index in [1.54, 1.807) is 0 Å². The van der Waals surface area contributed by atoms with Gasteiger partial charge >= 0.3 is 18.4 Å². The molecule has 2 saturated heterocycles. The Balaban J connectivity index is 0.000000248. The minimum Gasteiger partial charge on any atom is -0.322 e. The topological polar surface area (TPSA) is 142 Å². The van der Waals surface area contributed by atoms with E-state index in [2.05, 4.69) is 15.6 Å². The third-order valence-electron chi connectivity index (χ3n) is 5.66. The highest BCUT2D eigenvalue weighted by Gasteiger charge is 2.35. The van der Waals surface area contributed by atoms with Gasteiger partial charge in [0.1, 0.15) is 0 Å². The summed E-state index contributed by atoms with van der Waals surface area (Å²) in [5.41, 5.74) is -2.63. The number of benzene rings is 2. The second-order valence-corrected chi connectivity index (χ2v) is 13.3. The van der Waals surface area contributed by atoms with Gasteiger partial charge in [0.25, 0.3) is 0 Å². The van der Waals surface area contributed by atoms with E-state index in [0.29, 0.717) is 24.6 Å². The van der Waals surface area contributed by atoms with Crippen LogP contribution in [-0.2, 0) is 36.8 Å². The Morgan fingerprint density at radius 3 is 1.74 bits per heavy atom. The van der Waals surface area contributed by atoms with Crippen molar-refractivity contribution in [3.8, 4) is 0 Å². The Hall–Kier alpha value is -3.47. The van der Waals surface area contributed by atoms with Crippen LogP contribution in [-0.4, -0.2) is 83.0 Å². The quantitative estimate of drug-likeness (QED) is 0.289. The molecule has 2 fully saturated rings. The number of hydrogen-bond donors (Lipinski definition) is 2. The number of sulfone groups is 2. The van der Waals surface area contributed by atoms with Crippen LogP contribution in [0.1, 0.15) is 11.1 Å². The summed E-state index contributed by atoms with van der Waals surface area (Å²) in [5.74, 6) is 0.267. The van der Waals surface area contributed by atoms with Crippen molar-refractivity contribution in [2.75, 3.05) is 54.5 Å². The summed E-state index contributed by atoms with van der Waals surface area (Å²) < 4.78 is 119. The first-order valence-electron chi connectivity index (χ1n) is 12.0. The summed E-state index contributed by atoms with van der Waals surface area (Å²) >= 11 is 0. The minimum atomic E-state index is -4.57. The summed E-state index contributed by atoms with van der Waals surface area (Å²) in [4.78, 5) is 25.8. The summed E-state index contributed by atoms with van der Waals surface area (Å²) in [6, 6.07) is 8.46. The van der Waals surface area contributed by atoms with E-state index in [4.69, 9.17) is 0 Å². The van der Waals surface area contributed by atoms with Gasteiger partial charge in [0, 0.05) is 26.2 Å². The van der Waals surface area contributed by atoms with E-state index in [1.807, 2.05) is 0 Å². The molecule has 2 aliphatic rings. The molecule has 0 saturated carbocycles. The number of hydrogen-bond acceptors (Lipinski definition) is 8. The largest absolute Gasteiger partial charge is 0.418 e. The third-order valence-corrected chi connectivity index (χ3v) is 8.92. The molecule has 0 bridgehead atoms. The molecule has 2 aromatic rings. The van der Waals surface area contributed by atoms with Gasteiger partial charge in [0.15, 0.2) is 19.7 Å². The molecule has 0 spiro atoms. The molecular formula is C24H26F6N4O6S2. The van der Waals surface area contributed by atoms with Crippen LogP contribution in [0.4, 0.5) is 42.5 Å². The van der Waals surface area contributed by atoms with Crippen molar-refractivity contribution in [1.29, 1.82) is 0 Å². The molecule has 0 unspecified atom stereocenters. The van der Waals surface area contributed by atoms with Crippen LogP contribution in [0.15, 0.2) is 53.5 Å². The first-order valence-corrected chi connectivity index (χ1v) is 15.7. The van der Waals surface area contributed by atoms with Gasteiger partial charge in [-0.3, -0.25) is 0 Å². The van der Waals surface area contributed by atoms with Crippen molar-refractivity contribution < 1.29 is 52.8 Å². The summed E-state index contributed by atoms with van der Waals surface area (Å²) in [7, 11) is -5.80. The monoisotopic (exact) mass is 644 g/mol. The van der Waals surface area contributed by atoms with Gasteiger partial charge < -0.3 is 15.5 Å². The predicted molar refractivity (Wildman–Crippen MR) is 141 cm³/mol. The SMILES string of the molecule is O=C(Nc1ccccc1C(F)(F)F)N1CCS(=O)(=O)CC1.O=C=Nc1ccccc1C(F)(F)F.O=S1(=O)CCNCC1. The highest BCUT2D eigenvalue weighted by Crippen LogP contribution is 2.36. The maximum Gasteiger partial charge on any atom is 0.418 e. The highest BCUT2D eigenvalue weighted by atomic mass is 32.2. The van der Waals surface area contributed by atoms with Crippen molar-refractivity contribution in [2.45, 2.75) is 12.4 Å². The molecule has 2 amide bonds. The van der Waals surface area contributed by atoms with Gasteiger partial charge in [-0.05, 0) is 24.3 Å². The number of para-hydroxylation sites is 2. The van der Waals surface area contributed by atoms with E-state index in [0.717, 1.165) is 30.3 Å². The molecule has 10 nitrogen and oxygen atoms in total. The third kappa shape index (κ3) is 11.4. The van der Waals surface area contributed by atoms with Crippen LogP contribution >= 0.6 is 0 Å². The Kier molecular flexibility index (Phi) is 12.1. The number of aliphatic imine (C=N–C) groups is 1. The number of carbonyl (C=O) groups excluding carboxylic acids is 2. The van der Waals surface area contributed by atoms with Gasteiger partial charge in [0.05, 0.1) is 45.5 Å². The standard InChI is InChI=1S/C12H13F3N2O3S.C8H4F3NO.C4H9NO2S/c13-12(14,15)9-3-1-2-4-10(9)16-11(18)17-5-7-21(19,20)8-6-17;9-8(10,11)6-3-1-2-4-7(6)12-5-13;6-8(7)3-1-5-2-4-8/h1-4H,5-8H2,(H,16,18);1-4H;5H,1-4H2. The van der Waals surface area contributed by atoms with Gasteiger partial charge in [-0.25, -0.2) is 26.4 Å². The molecule has 0 aromatic heterocycles. The first kappa shape index (κ1) is 34.7. The number of isocyanates is 1. The van der Waals surface area contributed by atoms with Crippen molar-refractivity contribution in [3.05, 3.63) is 59.7 Å². The molecule has 4 rings (SSSR count). The number of amides is 2. The Morgan fingerprint density at radius 2 is 1.26 bits per heavy atom. The Bertz CT molecular complexity index is 1470. The average Bonchev–Trinajstić information content (AvgIpc) is 2.89. The summed E-state index contributed by atoms with van der Waals surface area (Å²) in [5, 5.41) is 5.15. The van der Waals surface area contributed by atoms with E-state index in [-0.39, 0.29) is 30.3 Å². The average molecular weight is 645 g/mol. The molecule has 232 valence electrons. The fourth-order valence-corrected chi connectivity index (χ4v) is 5.81. The second kappa shape index (κ2) is 14.6. The summed E-state index contributed by atoms with van der Waals surface area (Å²) in [6.07, 6.45) is -7.99. The molecule has 18 heteroatoms. The molecular weight excluding hydrogens is 618 g/mol. The number of carbonyl (C=O) groups is 1. The Labute approximate surface area is 237 Å². The lowest BCUT2D eigenvalue weighted by atomic mass is 10.1. The van der Waals surface area contributed by atoms with Gasteiger partial charge in [-0.1, -0.05) is 24.3 Å². The zero-order valence-corrected chi connectivity index (χ0v) is 23.3. The van der Waals surface area contributed by atoms with Crippen LogP contribution < -0.4 is 10.6 Å². The fraction of sp³-hybridized carbons (Fsp3) is 0.417. The number of urea groups is 1. The molecule has 2 N–H and O–H groups in total. The smallest absolute Gasteiger partial charge is 0.322 e. The van der Waals surface area contributed by atoms with Crippen LogP contribution in [0.2, 0.25) is 0 Å². The van der Waals surface area contributed by atoms with Crippen LogP contribution in [0.25, 0.3) is 0 Å². The molecule has 0 radical (unpaired) electrons. The van der Waals surface area contributed by atoms with Gasteiger partial charge in [0.2, 0.25) is 6.08 Å². The number of nitrogens with one attached hydrogen (secondary N) is 2. The normalized spacial score (nSPS) is 17.7. The van der Waals surface area contributed by atoms with E-state index in [9.17, 15) is 52.8 Å². The van der Waals surface area contributed by atoms with E-state index >= 15 is 0 Å². The molecule has 2 heterocycles. The highest BCUT2D eigenvalue weighted by molar-refractivity contribution is 7.91. The molecule has 42 heavy (non-hydrogen) atoms. The van der Waals surface area contributed by atoms with E-state index in [1.165, 1.54) is 29.2 Å². The lowest BCUT2D eigenvalue weighted by Gasteiger charge is -2.27. The molecule has 0 atom stereocenters. The summed E-state index contributed by atoms with van der Waals surface area (Å²) in [6.45, 7) is 1.20.